The Labute approximate surface area is 128 Å². The van der Waals surface area contributed by atoms with Crippen molar-refractivity contribution < 1.29 is 5.11 Å². The minimum atomic E-state index is 0.313. The molecular weight excluding hydrogens is 258 g/mol. The Morgan fingerprint density at radius 2 is 2.05 bits per heavy atom. The maximum atomic E-state index is 10.4. The van der Waals surface area contributed by atoms with Gasteiger partial charge in [-0.15, -0.1) is 0 Å². The van der Waals surface area contributed by atoms with Crippen LogP contribution in [-0.4, -0.2) is 10.0 Å². The number of phenolic OH excluding ortho intramolecular Hbond substituents is 1. The molecular formula is C19H25NO. The summed E-state index contributed by atoms with van der Waals surface area (Å²) in [6.07, 6.45) is 9.24. The second-order valence-corrected chi connectivity index (χ2v) is 4.69. The topological polar surface area (TPSA) is 23.5 Å². The molecule has 0 atom stereocenters. The lowest BCUT2D eigenvalue weighted by molar-refractivity contribution is 0.464. The Bertz CT molecular complexity index is 567. The summed E-state index contributed by atoms with van der Waals surface area (Å²) in [6, 6.07) is 5.79. The van der Waals surface area contributed by atoms with E-state index in [4.69, 9.17) is 0 Å². The van der Waals surface area contributed by atoms with Crippen molar-refractivity contribution >= 4 is 5.70 Å². The van der Waals surface area contributed by atoms with Gasteiger partial charge in [0.1, 0.15) is 5.75 Å². The number of aryl methyl sites for hydroxylation is 1. The van der Waals surface area contributed by atoms with Gasteiger partial charge < -0.3 is 10.0 Å². The van der Waals surface area contributed by atoms with Crippen molar-refractivity contribution in [1.82, 2.24) is 4.90 Å². The Morgan fingerprint density at radius 3 is 2.57 bits per heavy atom. The van der Waals surface area contributed by atoms with E-state index in [1.54, 1.807) is 6.08 Å². The SMILES string of the molecule is C=C/C=C\N(C(=C)c1cccc(CC)c1O)/C(=C\C)CC. The van der Waals surface area contributed by atoms with E-state index in [2.05, 4.69) is 26.2 Å². The summed E-state index contributed by atoms with van der Waals surface area (Å²) in [5, 5.41) is 10.4. The first-order valence-electron chi connectivity index (χ1n) is 7.34. The minimum Gasteiger partial charge on any atom is -0.507 e. The first kappa shape index (κ1) is 16.8. The molecule has 2 heteroatoms. The highest BCUT2D eigenvalue weighted by molar-refractivity contribution is 5.70. The lowest BCUT2D eigenvalue weighted by Gasteiger charge is -2.26. The summed E-state index contributed by atoms with van der Waals surface area (Å²) in [7, 11) is 0. The van der Waals surface area contributed by atoms with E-state index < -0.39 is 0 Å². The molecule has 0 saturated carbocycles. The van der Waals surface area contributed by atoms with Crippen LogP contribution in [0.15, 0.2) is 61.5 Å². The van der Waals surface area contributed by atoms with Gasteiger partial charge in [-0.3, -0.25) is 0 Å². The average Bonchev–Trinajstić information content (AvgIpc) is 2.51. The van der Waals surface area contributed by atoms with Gasteiger partial charge in [-0.05, 0) is 37.5 Å². The van der Waals surface area contributed by atoms with Gasteiger partial charge in [0.15, 0.2) is 0 Å². The van der Waals surface area contributed by atoms with Gasteiger partial charge in [0.2, 0.25) is 0 Å². The fraction of sp³-hybridized carbons (Fsp3) is 0.263. The molecule has 1 aromatic rings. The van der Waals surface area contributed by atoms with Gasteiger partial charge >= 0.3 is 0 Å². The maximum absolute atomic E-state index is 10.4. The van der Waals surface area contributed by atoms with Crippen LogP contribution in [0, 0.1) is 0 Å². The number of nitrogens with zero attached hydrogens (tertiary/aromatic N) is 1. The predicted octanol–water partition coefficient (Wildman–Crippen LogP) is 5.24. The third kappa shape index (κ3) is 3.88. The first-order valence-corrected chi connectivity index (χ1v) is 7.34. The third-order valence-electron chi connectivity index (χ3n) is 3.48. The Balaban J connectivity index is 3.29. The average molecular weight is 283 g/mol. The zero-order valence-electron chi connectivity index (χ0n) is 13.3. The molecule has 0 amide bonds. The largest absolute Gasteiger partial charge is 0.507 e. The smallest absolute Gasteiger partial charge is 0.128 e. The molecule has 0 radical (unpaired) electrons. The second-order valence-electron chi connectivity index (χ2n) is 4.69. The van der Waals surface area contributed by atoms with Crippen molar-refractivity contribution in [3.63, 3.8) is 0 Å². The molecule has 1 N–H and O–H groups in total. The van der Waals surface area contributed by atoms with Crippen LogP contribution in [0.3, 0.4) is 0 Å². The summed E-state index contributed by atoms with van der Waals surface area (Å²) in [6.45, 7) is 14.0. The van der Waals surface area contributed by atoms with Crippen LogP contribution in [0.1, 0.15) is 38.3 Å². The number of para-hydroxylation sites is 1. The van der Waals surface area contributed by atoms with E-state index in [1.807, 2.05) is 49.2 Å². The molecule has 0 aliphatic carbocycles. The van der Waals surface area contributed by atoms with Gasteiger partial charge in [-0.25, -0.2) is 0 Å². The fourth-order valence-corrected chi connectivity index (χ4v) is 2.26. The summed E-state index contributed by atoms with van der Waals surface area (Å²) in [5.74, 6) is 0.313. The molecule has 0 heterocycles. The van der Waals surface area contributed by atoms with Crippen molar-refractivity contribution in [3.05, 3.63) is 72.6 Å². The summed E-state index contributed by atoms with van der Waals surface area (Å²) in [5.41, 5.74) is 3.57. The molecule has 1 rings (SSSR count). The molecule has 112 valence electrons. The van der Waals surface area contributed by atoms with Gasteiger partial charge in [0, 0.05) is 23.2 Å². The van der Waals surface area contributed by atoms with E-state index in [-0.39, 0.29) is 0 Å². The van der Waals surface area contributed by atoms with Crippen LogP contribution in [0.4, 0.5) is 0 Å². The highest BCUT2D eigenvalue weighted by Gasteiger charge is 2.15. The Kier molecular flexibility index (Phi) is 6.54. The lowest BCUT2D eigenvalue weighted by atomic mass is 10.0. The van der Waals surface area contributed by atoms with Crippen molar-refractivity contribution in [3.8, 4) is 5.75 Å². The van der Waals surface area contributed by atoms with Crippen LogP contribution in [0.5, 0.6) is 5.75 Å². The number of phenols is 1. The van der Waals surface area contributed by atoms with Crippen molar-refractivity contribution in [2.75, 3.05) is 0 Å². The number of allylic oxidation sites excluding steroid dienone is 4. The highest BCUT2D eigenvalue weighted by Crippen LogP contribution is 2.32. The number of rotatable bonds is 7. The number of aromatic hydroxyl groups is 1. The summed E-state index contributed by atoms with van der Waals surface area (Å²) >= 11 is 0. The molecule has 0 aliphatic heterocycles. The predicted molar refractivity (Wildman–Crippen MR) is 91.7 cm³/mol. The Hall–Kier alpha value is -2.22. The molecule has 0 spiro atoms. The molecule has 0 bridgehead atoms. The molecule has 2 nitrogen and oxygen atoms in total. The monoisotopic (exact) mass is 283 g/mol. The van der Waals surface area contributed by atoms with Crippen molar-refractivity contribution in [1.29, 1.82) is 0 Å². The number of hydrogen-bond acceptors (Lipinski definition) is 2. The molecule has 0 fully saturated rings. The van der Waals surface area contributed by atoms with Crippen LogP contribution >= 0.6 is 0 Å². The molecule has 0 saturated heterocycles. The second kappa shape index (κ2) is 8.15. The van der Waals surface area contributed by atoms with Crippen molar-refractivity contribution in [2.45, 2.75) is 33.6 Å². The highest BCUT2D eigenvalue weighted by atomic mass is 16.3. The van der Waals surface area contributed by atoms with Gasteiger partial charge in [0.05, 0.1) is 0 Å². The van der Waals surface area contributed by atoms with Crippen molar-refractivity contribution in [2.24, 2.45) is 0 Å². The molecule has 0 aliphatic rings. The van der Waals surface area contributed by atoms with Crippen LogP contribution < -0.4 is 0 Å². The first-order chi connectivity index (χ1) is 10.1. The zero-order chi connectivity index (χ0) is 15.8. The molecule has 0 aromatic heterocycles. The summed E-state index contributed by atoms with van der Waals surface area (Å²) in [4.78, 5) is 2.00. The molecule has 0 unspecified atom stereocenters. The van der Waals surface area contributed by atoms with E-state index in [0.717, 1.165) is 35.4 Å². The normalized spacial score (nSPS) is 11.7. The lowest BCUT2D eigenvalue weighted by Crippen LogP contribution is -2.14. The van der Waals surface area contributed by atoms with E-state index in [9.17, 15) is 5.11 Å². The van der Waals surface area contributed by atoms with E-state index in [0.29, 0.717) is 5.75 Å². The maximum Gasteiger partial charge on any atom is 0.128 e. The van der Waals surface area contributed by atoms with Gasteiger partial charge in [-0.1, -0.05) is 51.3 Å². The number of benzene rings is 1. The minimum absolute atomic E-state index is 0.313. The Morgan fingerprint density at radius 1 is 1.33 bits per heavy atom. The van der Waals surface area contributed by atoms with E-state index >= 15 is 0 Å². The third-order valence-corrected chi connectivity index (χ3v) is 3.48. The fourth-order valence-electron chi connectivity index (χ4n) is 2.26. The van der Waals surface area contributed by atoms with E-state index in [1.165, 1.54) is 0 Å². The molecule has 21 heavy (non-hydrogen) atoms. The quantitative estimate of drug-likeness (QED) is 0.692. The van der Waals surface area contributed by atoms with Crippen LogP contribution in [0.2, 0.25) is 0 Å². The van der Waals surface area contributed by atoms with Gasteiger partial charge in [0.25, 0.3) is 0 Å². The summed E-state index contributed by atoms with van der Waals surface area (Å²) < 4.78 is 0. The standard InChI is InChI=1S/C19H25NO/c1-6-10-14-20(17(8-3)9-4)15(5)18-13-11-12-16(7-2)19(18)21/h6,8,10-14,21H,1,5,7,9H2,2-4H3/b14-10-,17-8-. The molecule has 1 aromatic carbocycles. The van der Waals surface area contributed by atoms with Gasteiger partial charge in [-0.2, -0.15) is 0 Å². The van der Waals surface area contributed by atoms with Crippen LogP contribution in [-0.2, 0) is 6.42 Å². The number of hydrogen-bond donors (Lipinski definition) is 1. The zero-order valence-corrected chi connectivity index (χ0v) is 13.3. The van der Waals surface area contributed by atoms with Crippen LogP contribution in [0.25, 0.3) is 5.70 Å².